The summed E-state index contributed by atoms with van der Waals surface area (Å²) >= 11 is 0. The van der Waals surface area contributed by atoms with Gasteiger partial charge in [0.2, 0.25) is 11.9 Å². The highest BCUT2D eigenvalue weighted by Crippen LogP contribution is 2.44. The normalized spacial score (nSPS) is 25.5. The van der Waals surface area contributed by atoms with Crippen LogP contribution in [-0.2, 0) is 35.1 Å². The molecule has 12 nitrogen and oxygen atoms in total. The van der Waals surface area contributed by atoms with E-state index in [1.807, 2.05) is 30.3 Å². The van der Waals surface area contributed by atoms with Crippen LogP contribution in [0.15, 0.2) is 41.5 Å². The number of amides is 1. The molecule has 2 aromatic heterocycles. The third-order valence-corrected chi connectivity index (χ3v) is 6.03. The minimum atomic E-state index is -1.06. The van der Waals surface area contributed by atoms with Crippen molar-refractivity contribution in [3.63, 3.8) is 0 Å². The van der Waals surface area contributed by atoms with Gasteiger partial charge in [0, 0.05) is 20.3 Å². The predicted molar refractivity (Wildman–Crippen MR) is 121 cm³/mol. The van der Waals surface area contributed by atoms with Gasteiger partial charge in [0.15, 0.2) is 16.8 Å². The molecule has 2 fully saturated rings. The lowest BCUT2D eigenvalue weighted by Gasteiger charge is -2.42. The van der Waals surface area contributed by atoms with Gasteiger partial charge in [0.25, 0.3) is 5.56 Å². The zero-order valence-corrected chi connectivity index (χ0v) is 19.2. The highest BCUT2D eigenvalue weighted by atomic mass is 16.6. The molecular weight excluding hydrogens is 458 g/mol. The third-order valence-electron chi connectivity index (χ3n) is 6.03. The zero-order valence-electron chi connectivity index (χ0n) is 19.2. The molecule has 184 valence electrons. The van der Waals surface area contributed by atoms with E-state index in [1.54, 1.807) is 4.57 Å². The van der Waals surface area contributed by atoms with Crippen LogP contribution < -0.4 is 10.9 Å². The van der Waals surface area contributed by atoms with Gasteiger partial charge in [-0.3, -0.25) is 29.3 Å². The number of nitrogens with zero attached hydrogens (tertiary/aromatic N) is 3. The lowest BCUT2D eigenvalue weighted by molar-refractivity contribution is -0.227. The van der Waals surface area contributed by atoms with Crippen LogP contribution >= 0.6 is 0 Å². The number of imidazole rings is 1. The molecule has 0 aliphatic carbocycles. The van der Waals surface area contributed by atoms with E-state index in [0.717, 1.165) is 5.56 Å². The van der Waals surface area contributed by atoms with Gasteiger partial charge in [0.05, 0.1) is 25.6 Å². The molecule has 2 aliphatic rings. The van der Waals surface area contributed by atoms with Crippen LogP contribution in [0.2, 0.25) is 0 Å². The zero-order chi connectivity index (χ0) is 24.6. The van der Waals surface area contributed by atoms with E-state index in [4.69, 9.17) is 18.9 Å². The number of carbonyl (C=O) groups excluding carboxylic acids is 2. The molecular formula is C23H25N5O7. The second kappa shape index (κ2) is 9.21. The molecule has 35 heavy (non-hydrogen) atoms. The van der Waals surface area contributed by atoms with Crippen LogP contribution in [0.5, 0.6) is 0 Å². The van der Waals surface area contributed by atoms with Crippen LogP contribution in [0.25, 0.3) is 11.2 Å². The number of hydrogen-bond acceptors (Lipinski definition) is 9. The summed E-state index contributed by atoms with van der Waals surface area (Å²) in [5.41, 5.74) is -0.218. The second-order valence-electron chi connectivity index (χ2n) is 8.64. The molecule has 2 bridgehead atoms. The van der Waals surface area contributed by atoms with Crippen molar-refractivity contribution in [1.82, 2.24) is 19.5 Å². The minimum Gasteiger partial charge on any atom is -0.463 e. The fraction of sp³-hybridized carbons (Fsp3) is 0.435. The van der Waals surface area contributed by atoms with Gasteiger partial charge in [-0.15, -0.1) is 0 Å². The van der Waals surface area contributed by atoms with Crippen molar-refractivity contribution in [2.45, 2.75) is 50.9 Å². The molecule has 1 aromatic carbocycles. The largest absolute Gasteiger partial charge is 0.463 e. The summed E-state index contributed by atoms with van der Waals surface area (Å²) in [6.45, 7) is 3.08. The number of hydrogen-bond donors (Lipinski definition) is 2. The summed E-state index contributed by atoms with van der Waals surface area (Å²) < 4.78 is 25.7. The lowest BCUT2D eigenvalue weighted by Crippen LogP contribution is -2.56. The Morgan fingerprint density at radius 2 is 2.09 bits per heavy atom. The average Bonchev–Trinajstić information content (AvgIpc) is 3.33. The minimum absolute atomic E-state index is 0.00507. The molecule has 0 saturated carbocycles. The number of ether oxygens (including phenoxy) is 4. The van der Waals surface area contributed by atoms with Gasteiger partial charge in [-0.25, -0.2) is 4.98 Å². The summed E-state index contributed by atoms with van der Waals surface area (Å²) in [7, 11) is 0. The molecule has 12 heteroatoms. The second-order valence-corrected chi connectivity index (χ2v) is 8.64. The van der Waals surface area contributed by atoms with Crippen molar-refractivity contribution in [1.29, 1.82) is 0 Å². The van der Waals surface area contributed by atoms with Crippen molar-refractivity contribution in [3.8, 4) is 0 Å². The average molecular weight is 483 g/mol. The van der Waals surface area contributed by atoms with E-state index in [9.17, 15) is 14.4 Å². The summed E-state index contributed by atoms with van der Waals surface area (Å²) in [5.74, 6) is -0.820. The Kier molecular flexibility index (Phi) is 6.09. The quantitative estimate of drug-likeness (QED) is 0.474. The van der Waals surface area contributed by atoms with Crippen LogP contribution in [0.4, 0.5) is 5.95 Å². The van der Waals surface area contributed by atoms with Gasteiger partial charge in [-0.1, -0.05) is 30.3 Å². The molecule has 5 rings (SSSR count). The maximum Gasteiger partial charge on any atom is 0.302 e. The van der Waals surface area contributed by atoms with E-state index < -0.39 is 29.5 Å². The SMILES string of the molecule is CC(=O)Nc1nc2c(ncn2C2CC3OCC(COC(C)=O)(O2)C3OCc2ccccc2)c(=O)[nH]1. The predicted octanol–water partition coefficient (Wildman–Crippen LogP) is 1.28. The Hall–Kier alpha value is -3.61. The number of anilines is 1. The van der Waals surface area contributed by atoms with Gasteiger partial charge < -0.3 is 18.9 Å². The summed E-state index contributed by atoms with van der Waals surface area (Å²) in [5, 5.41) is 2.48. The van der Waals surface area contributed by atoms with Gasteiger partial charge in [0.1, 0.15) is 18.9 Å². The molecule has 2 N–H and O–H groups in total. The Morgan fingerprint density at radius 3 is 2.83 bits per heavy atom. The Balaban J connectivity index is 1.45. The van der Waals surface area contributed by atoms with Crippen LogP contribution in [0.3, 0.4) is 0 Å². The first-order valence-electron chi connectivity index (χ1n) is 11.2. The molecule has 4 atom stereocenters. The summed E-state index contributed by atoms with van der Waals surface area (Å²) in [6, 6.07) is 9.71. The Morgan fingerprint density at radius 1 is 1.29 bits per heavy atom. The van der Waals surface area contributed by atoms with E-state index in [0.29, 0.717) is 13.0 Å². The lowest BCUT2D eigenvalue weighted by atomic mass is 9.91. The molecule has 2 saturated heterocycles. The van der Waals surface area contributed by atoms with Crippen molar-refractivity contribution in [2.75, 3.05) is 18.5 Å². The smallest absolute Gasteiger partial charge is 0.302 e. The fourth-order valence-electron chi connectivity index (χ4n) is 4.50. The Labute approximate surface area is 199 Å². The van der Waals surface area contributed by atoms with Crippen molar-refractivity contribution in [2.24, 2.45) is 0 Å². The van der Waals surface area contributed by atoms with E-state index in [2.05, 4.69) is 20.3 Å². The maximum absolute atomic E-state index is 12.5. The first-order valence-corrected chi connectivity index (χ1v) is 11.2. The van der Waals surface area contributed by atoms with Gasteiger partial charge in [-0.05, 0) is 5.56 Å². The van der Waals surface area contributed by atoms with Crippen molar-refractivity contribution < 1.29 is 28.5 Å². The topological polar surface area (TPSA) is 147 Å². The van der Waals surface area contributed by atoms with Crippen LogP contribution in [0, 0.1) is 0 Å². The summed E-state index contributed by atoms with van der Waals surface area (Å²) in [4.78, 5) is 46.6. The van der Waals surface area contributed by atoms with Gasteiger partial charge in [-0.2, -0.15) is 4.98 Å². The number of rotatable bonds is 7. The standard InChI is InChI=1S/C23H25N5O7/c1-13(29)25-22-26-20-18(21(31)27-22)24-12-28(20)17-8-16-19(32-9-15-6-4-3-5-7-15)23(35-17,11-34-16)10-33-14(2)30/h3-7,12,16-17,19H,8-11H2,1-2H3,(H2,25,26,27,29,31). The van der Waals surface area contributed by atoms with Crippen LogP contribution in [-0.4, -0.2) is 62.4 Å². The first-order chi connectivity index (χ1) is 16.8. The Bertz CT molecular complexity index is 1310. The van der Waals surface area contributed by atoms with Gasteiger partial charge >= 0.3 is 5.97 Å². The number of benzene rings is 1. The maximum atomic E-state index is 12.5. The number of esters is 1. The number of carbonyl (C=O) groups is 2. The molecule has 4 heterocycles. The molecule has 0 radical (unpaired) electrons. The van der Waals surface area contributed by atoms with E-state index >= 15 is 0 Å². The van der Waals surface area contributed by atoms with Crippen LogP contribution in [0.1, 0.15) is 32.1 Å². The highest BCUT2D eigenvalue weighted by Gasteiger charge is 2.58. The van der Waals surface area contributed by atoms with Crippen molar-refractivity contribution >= 4 is 29.0 Å². The van der Waals surface area contributed by atoms with E-state index in [1.165, 1.54) is 20.2 Å². The van der Waals surface area contributed by atoms with E-state index in [-0.39, 0.29) is 42.3 Å². The molecule has 2 aliphatic heterocycles. The third kappa shape index (κ3) is 4.55. The molecule has 0 spiro atoms. The first kappa shape index (κ1) is 23.1. The summed E-state index contributed by atoms with van der Waals surface area (Å²) in [6.07, 6.45) is 0.372. The number of aromatic amines is 1. The highest BCUT2D eigenvalue weighted by molar-refractivity contribution is 5.87. The fourth-order valence-corrected chi connectivity index (χ4v) is 4.50. The monoisotopic (exact) mass is 483 g/mol. The molecule has 1 amide bonds. The number of nitrogens with one attached hydrogen (secondary N) is 2. The van der Waals surface area contributed by atoms with Crippen molar-refractivity contribution in [3.05, 3.63) is 52.6 Å². The molecule has 3 aromatic rings. The number of H-pyrrole nitrogens is 1. The number of fused-ring (bicyclic) bond motifs is 3. The molecule has 4 unspecified atom stereocenters. The number of aromatic nitrogens is 4.